The van der Waals surface area contributed by atoms with Gasteiger partial charge in [-0.3, -0.25) is 9.59 Å². The highest BCUT2D eigenvalue weighted by atomic mass is 19.1. The molecule has 29 heavy (non-hydrogen) atoms. The van der Waals surface area contributed by atoms with Crippen molar-refractivity contribution in [3.05, 3.63) is 53.8 Å². The second-order valence-electron chi connectivity index (χ2n) is 7.13. The summed E-state index contributed by atoms with van der Waals surface area (Å²) in [5.41, 5.74) is 1.15. The highest BCUT2D eigenvalue weighted by molar-refractivity contribution is 5.95. The molecule has 0 radical (unpaired) electrons. The molecule has 4 rings (SSSR count). The first-order chi connectivity index (χ1) is 14.1. The Morgan fingerprint density at radius 3 is 2.41 bits per heavy atom. The molecule has 2 amide bonds. The van der Waals surface area contributed by atoms with Gasteiger partial charge in [0.1, 0.15) is 19.0 Å². The third-order valence-corrected chi connectivity index (χ3v) is 5.09. The average Bonchev–Trinajstić information content (AvgIpc) is 2.75. The topological polar surface area (TPSA) is 72.3 Å². The molecule has 2 aromatic rings. The van der Waals surface area contributed by atoms with Crippen LogP contribution in [0.2, 0.25) is 0 Å². The molecule has 0 aromatic heterocycles. The number of hydrogen-bond acceptors (Lipinski definition) is 4. The summed E-state index contributed by atoms with van der Waals surface area (Å²) in [7, 11) is 0. The average molecular weight is 400 g/mol. The number of piperazine rings is 1. The number of fused-ring (bicyclic) bond motifs is 1. The van der Waals surface area contributed by atoms with E-state index in [1.165, 1.54) is 24.3 Å². The number of nitrogens with one attached hydrogen (secondary N) is 2. The van der Waals surface area contributed by atoms with E-state index in [4.69, 9.17) is 9.47 Å². The Hall–Kier alpha value is -3.13. The predicted molar refractivity (Wildman–Crippen MR) is 104 cm³/mol. The lowest BCUT2D eigenvalue weighted by molar-refractivity contribution is -0.895. The van der Waals surface area contributed by atoms with Crippen LogP contribution in [0.5, 0.6) is 11.5 Å². The van der Waals surface area contributed by atoms with Crippen molar-refractivity contribution in [2.24, 2.45) is 0 Å². The summed E-state index contributed by atoms with van der Waals surface area (Å²) < 4.78 is 24.0. The van der Waals surface area contributed by atoms with E-state index in [1.807, 2.05) is 0 Å². The molecule has 7 nitrogen and oxygen atoms in total. The summed E-state index contributed by atoms with van der Waals surface area (Å²) in [6, 6.07) is 10.9. The molecule has 0 spiro atoms. The van der Waals surface area contributed by atoms with Gasteiger partial charge in [-0.15, -0.1) is 0 Å². The van der Waals surface area contributed by atoms with E-state index < -0.39 is 0 Å². The van der Waals surface area contributed by atoms with E-state index in [0.717, 1.165) is 4.90 Å². The minimum atomic E-state index is -0.340. The van der Waals surface area contributed by atoms with E-state index in [1.54, 1.807) is 23.1 Å². The van der Waals surface area contributed by atoms with Crippen LogP contribution in [0.3, 0.4) is 0 Å². The maximum atomic E-state index is 12.9. The number of nitrogens with zero attached hydrogens (tertiary/aromatic N) is 1. The fraction of sp³-hybridized carbons (Fsp3) is 0.333. The van der Waals surface area contributed by atoms with E-state index in [2.05, 4.69) is 5.32 Å². The molecule has 0 aliphatic carbocycles. The van der Waals surface area contributed by atoms with Crippen LogP contribution in [0.25, 0.3) is 0 Å². The monoisotopic (exact) mass is 400 g/mol. The number of halogens is 1. The normalized spacial score (nSPS) is 16.4. The van der Waals surface area contributed by atoms with E-state index in [-0.39, 0.29) is 17.6 Å². The number of carbonyl (C=O) groups excluding carboxylic acids is 2. The lowest BCUT2D eigenvalue weighted by Gasteiger charge is -2.32. The van der Waals surface area contributed by atoms with Gasteiger partial charge in [0.15, 0.2) is 18.0 Å². The molecule has 152 valence electrons. The van der Waals surface area contributed by atoms with Gasteiger partial charge in [0.25, 0.3) is 11.8 Å². The number of hydrogen-bond donors (Lipinski definition) is 2. The van der Waals surface area contributed by atoms with Crippen molar-refractivity contribution in [3.8, 4) is 11.5 Å². The van der Waals surface area contributed by atoms with Crippen molar-refractivity contribution in [3.63, 3.8) is 0 Å². The summed E-state index contributed by atoms with van der Waals surface area (Å²) in [5.74, 6) is 0.750. The number of benzene rings is 2. The van der Waals surface area contributed by atoms with E-state index in [0.29, 0.717) is 68.7 Å². The first-order valence-corrected chi connectivity index (χ1v) is 9.66. The summed E-state index contributed by atoms with van der Waals surface area (Å²) >= 11 is 0. The zero-order valence-electron chi connectivity index (χ0n) is 15.9. The fourth-order valence-electron chi connectivity index (χ4n) is 3.53. The Morgan fingerprint density at radius 1 is 1.00 bits per heavy atom. The highest BCUT2D eigenvalue weighted by Gasteiger charge is 2.27. The molecule has 0 bridgehead atoms. The van der Waals surface area contributed by atoms with Crippen molar-refractivity contribution in [2.45, 2.75) is 0 Å². The molecule has 1 fully saturated rings. The largest absolute Gasteiger partial charge is 0.486 e. The Kier molecular flexibility index (Phi) is 5.62. The van der Waals surface area contributed by atoms with Gasteiger partial charge < -0.3 is 24.6 Å². The van der Waals surface area contributed by atoms with Gasteiger partial charge in [0.2, 0.25) is 0 Å². The van der Waals surface area contributed by atoms with Crippen molar-refractivity contribution >= 4 is 17.5 Å². The third kappa shape index (κ3) is 4.65. The van der Waals surface area contributed by atoms with Gasteiger partial charge in [0, 0.05) is 11.3 Å². The van der Waals surface area contributed by atoms with Crippen molar-refractivity contribution in [2.75, 3.05) is 51.3 Å². The predicted octanol–water partition coefficient (Wildman–Crippen LogP) is 0.576. The van der Waals surface area contributed by atoms with E-state index >= 15 is 0 Å². The number of ether oxygens (including phenoxy) is 2. The van der Waals surface area contributed by atoms with Crippen LogP contribution in [-0.4, -0.2) is 62.7 Å². The molecule has 0 unspecified atom stereocenters. The Labute approximate surface area is 168 Å². The van der Waals surface area contributed by atoms with Gasteiger partial charge in [-0.25, -0.2) is 4.39 Å². The Bertz CT molecular complexity index is 895. The minimum Gasteiger partial charge on any atom is -0.486 e. The molecule has 0 atom stereocenters. The van der Waals surface area contributed by atoms with Gasteiger partial charge in [-0.1, -0.05) is 0 Å². The molecule has 1 saturated heterocycles. The van der Waals surface area contributed by atoms with Crippen molar-refractivity contribution in [1.29, 1.82) is 0 Å². The van der Waals surface area contributed by atoms with Crippen LogP contribution in [-0.2, 0) is 4.79 Å². The van der Waals surface area contributed by atoms with E-state index in [9.17, 15) is 14.0 Å². The first kappa shape index (κ1) is 19.2. The molecular formula is C21H23FN3O4+. The third-order valence-electron chi connectivity index (χ3n) is 5.09. The smallest absolute Gasteiger partial charge is 0.279 e. The second kappa shape index (κ2) is 8.48. The minimum absolute atomic E-state index is 0.0446. The van der Waals surface area contributed by atoms with Crippen molar-refractivity contribution < 1.29 is 28.4 Å². The van der Waals surface area contributed by atoms with Gasteiger partial charge in [-0.05, 0) is 42.5 Å². The Morgan fingerprint density at radius 2 is 1.69 bits per heavy atom. The van der Waals surface area contributed by atoms with Gasteiger partial charge in [-0.2, -0.15) is 0 Å². The number of carbonyl (C=O) groups is 2. The Balaban J connectivity index is 1.28. The maximum absolute atomic E-state index is 12.9. The maximum Gasteiger partial charge on any atom is 0.279 e. The van der Waals surface area contributed by atoms with Crippen molar-refractivity contribution in [1.82, 2.24) is 4.90 Å². The molecule has 8 heteroatoms. The first-order valence-electron chi connectivity index (χ1n) is 9.66. The molecule has 2 aromatic carbocycles. The van der Waals surface area contributed by atoms with Crippen LogP contribution in [0.15, 0.2) is 42.5 Å². The zero-order chi connectivity index (χ0) is 20.2. The second-order valence-corrected chi connectivity index (χ2v) is 7.13. The zero-order valence-corrected chi connectivity index (χ0v) is 15.9. The number of quaternary nitrogens is 1. The summed E-state index contributed by atoms with van der Waals surface area (Å²) in [4.78, 5) is 27.9. The van der Waals surface area contributed by atoms with Crippen LogP contribution >= 0.6 is 0 Å². The molecular weight excluding hydrogens is 377 g/mol. The number of anilines is 1. The standard InChI is InChI=1S/C21H22FN3O4/c22-16-2-4-17(5-3-16)23-20(26)14-24-7-9-25(10-8-24)21(27)15-1-6-18-19(13-15)29-12-11-28-18/h1-6,13H,7-12,14H2,(H,23,26)/p+1. The molecule has 2 N–H and O–H groups in total. The van der Waals surface area contributed by atoms with Crippen LogP contribution in [0.4, 0.5) is 10.1 Å². The number of rotatable bonds is 4. The van der Waals surface area contributed by atoms with Crippen LogP contribution < -0.4 is 19.7 Å². The van der Waals surface area contributed by atoms with Crippen LogP contribution in [0, 0.1) is 5.82 Å². The lowest BCUT2D eigenvalue weighted by atomic mass is 10.1. The molecule has 2 heterocycles. The van der Waals surface area contributed by atoms with Crippen LogP contribution in [0.1, 0.15) is 10.4 Å². The lowest BCUT2D eigenvalue weighted by Crippen LogP contribution is -3.15. The summed E-state index contributed by atoms with van der Waals surface area (Å²) in [6.07, 6.45) is 0. The van der Waals surface area contributed by atoms with Gasteiger partial charge in [0.05, 0.1) is 26.2 Å². The SMILES string of the molecule is O=C(C[NH+]1CCN(C(=O)c2ccc3c(c2)OCCO3)CC1)Nc1ccc(F)cc1. The molecule has 2 aliphatic heterocycles. The molecule has 0 saturated carbocycles. The molecule has 2 aliphatic rings. The summed E-state index contributed by atoms with van der Waals surface area (Å²) in [6.45, 7) is 3.83. The number of amides is 2. The quantitative estimate of drug-likeness (QED) is 0.788. The highest BCUT2D eigenvalue weighted by Crippen LogP contribution is 2.31. The summed E-state index contributed by atoms with van der Waals surface area (Å²) in [5, 5.41) is 2.77. The fourth-order valence-corrected chi connectivity index (χ4v) is 3.53. The van der Waals surface area contributed by atoms with Gasteiger partial charge >= 0.3 is 0 Å².